The Bertz CT molecular complexity index is 156. The molecule has 0 aromatic rings. The van der Waals surface area contributed by atoms with Gasteiger partial charge in [0.1, 0.15) is 0 Å². The van der Waals surface area contributed by atoms with Crippen molar-refractivity contribution in [3.05, 3.63) is 12.5 Å². The van der Waals surface area contributed by atoms with Crippen molar-refractivity contribution in [3.63, 3.8) is 0 Å². The Morgan fingerprint density at radius 1 is 1.15 bits per heavy atom. The van der Waals surface area contributed by atoms with Crippen LogP contribution in [0.3, 0.4) is 0 Å². The molecule has 0 N–H and O–H groups in total. The molecule has 0 aromatic carbocycles. The van der Waals surface area contributed by atoms with Gasteiger partial charge in [-0.15, -0.1) is 0 Å². The van der Waals surface area contributed by atoms with E-state index in [1.54, 1.807) is 0 Å². The molecule has 0 radical (unpaired) electrons. The van der Waals surface area contributed by atoms with E-state index in [2.05, 4.69) is 27.4 Å². The van der Waals surface area contributed by atoms with Crippen molar-refractivity contribution in [1.29, 1.82) is 0 Å². The molecular weight excluding hydrogens is 178 g/mol. The van der Waals surface area contributed by atoms with Crippen LogP contribution in [0.2, 0.25) is 18.1 Å². The summed E-state index contributed by atoms with van der Waals surface area (Å²) in [5.74, 6) is 0.817. The van der Waals surface area contributed by atoms with Crippen molar-refractivity contribution in [2.24, 2.45) is 0 Å². The monoisotopic (exact) mass is 201 g/mol. The molecule has 0 spiro atoms. The molecule has 0 aliphatic heterocycles. The first-order valence-corrected chi connectivity index (χ1v) is 7.59. The van der Waals surface area contributed by atoms with Gasteiger partial charge in [0.2, 0.25) is 0 Å². The first kappa shape index (κ1) is 12.6. The van der Waals surface area contributed by atoms with Crippen LogP contribution in [0.1, 0.15) is 20.8 Å². The van der Waals surface area contributed by atoms with E-state index in [4.69, 9.17) is 4.43 Å². The largest absolute Gasteiger partial charge is 0.532 e. The Balaban J connectivity index is 4.33. The zero-order valence-corrected chi connectivity index (χ0v) is 10.7. The van der Waals surface area contributed by atoms with E-state index in [-0.39, 0.29) is 0 Å². The van der Waals surface area contributed by atoms with Crippen molar-refractivity contribution in [2.75, 3.05) is 14.1 Å². The SMILES string of the molecule is C=C(O[Si](CC)(CC)CC)N(C)C. The topological polar surface area (TPSA) is 12.5 Å². The third kappa shape index (κ3) is 3.42. The Morgan fingerprint density at radius 2 is 1.54 bits per heavy atom. The fraction of sp³-hybridized carbons (Fsp3) is 0.800. The second kappa shape index (κ2) is 5.32. The van der Waals surface area contributed by atoms with Gasteiger partial charge in [-0.05, 0) is 24.7 Å². The number of hydrogen-bond donors (Lipinski definition) is 0. The number of hydrogen-bond acceptors (Lipinski definition) is 2. The van der Waals surface area contributed by atoms with Crippen LogP contribution in [0.5, 0.6) is 0 Å². The molecule has 3 heteroatoms. The van der Waals surface area contributed by atoms with Gasteiger partial charge in [0.25, 0.3) is 8.32 Å². The smallest absolute Gasteiger partial charge is 0.252 e. The summed E-state index contributed by atoms with van der Waals surface area (Å²) < 4.78 is 6.02. The molecule has 0 saturated heterocycles. The van der Waals surface area contributed by atoms with E-state index < -0.39 is 8.32 Å². The molecule has 0 fully saturated rings. The fourth-order valence-electron chi connectivity index (χ4n) is 1.31. The van der Waals surface area contributed by atoms with Gasteiger partial charge in [0, 0.05) is 14.1 Å². The van der Waals surface area contributed by atoms with E-state index in [0.717, 1.165) is 5.88 Å². The molecule has 0 heterocycles. The van der Waals surface area contributed by atoms with E-state index in [1.807, 2.05) is 19.0 Å². The van der Waals surface area contributed by atoms with Crippen molar-refractivity contribution >= 4 is 8.32 Å². The third-order valence-electron chi connectivity index (χ3n) is 2.77. The average molecular weight is 201 g/mol. The van der Waals surface area contributed by atoms with Crippen LogP contribution in [-0.2, 0) is 4.43 Å². The van der Waals surface area contributed by atoms with Gasteiger partial charge in [-0.2, -0.15) is 0 Å². The lowest BCUT2D eigenvalue weighted by Crippen LogP contribution is -2.37. The summed E-state index contributed by atoms with van der Waals surface area (Å²) in [6.45, 7) is 10.6. The van der Waals surface area contributed by atoms with Gasteiger partial charge < -0.3 is 9.33 Å². The van der Waals surface area contributed by atoms with Crippen molar-refractivity contribution in [1.82, 2.24) is 4.90 Å². The summed E-state index contributed by atoms with van der Waals surface area (Å²) in [4.78, 5) is 1.95. The molecule has 0 aliphatic carbocycles. The highest BCUT2D eigenvalue weighted by atomic mass is 28.4. The normalized spacial score (nSPS) is 11.2. The Hall–Kier alpha value is -0.443. The van der Waals surface area contributed by atoms with Crippen LogP contribution in [0.4, 0.5) is 0 Å². The minimum Gasteiger partial charge on any atom is -0.532 e. The Morgan fingerprint density at radius 3 is 1.77 bits per heavy atom. The maximum atomic E-state index is 6.02. The molecule has 0 amide bonds. The van der Waals surface area contributed by atoms with Gasteiger partial charge in [-0.3, -0.25) is 0 Å². The molecule has 78 valence electrons. The quantitative estimate of drug-likeness (QED) is 0.484. The predicted octanol–water partition coefficient (Wildman–Crippen LogP) is 3.04. The second-order valence-electron chi connectivity index (χ2n) is 3.63. The minimum atomic E-state index is -1.48. The summed E-state index contributed by atoms with van der Waals surface area (Å²) in [7, 11) is 2.46. The van der Waals surface area contributed by atoms with Crippen LogP contribution in [0.15, 0.2) is 12.5 Å². The van der Waals surface area contributed by atoms with Gasteiger partial charge in [-0.1, -0.05) is 20.8 Å². The summed E-state index contributed by atoms with van der Waals surface area (Å²) in [6, 6.07) is 3.52. The average Bonchev–Trinajstić information content (AvgIpc) is 2.14. The molecule has 0 bridgehead atoms. The lowest BCUT2D eigenvalue weighted by atomic mass is 10.8. The zero-order valence-electron chi connectivity index (χ0n) is 9.68. The molecule has 0 unspecified atom stereocenters. The fourth-order valence-corrected chi connectivity index (χ4v) is 3.92. The first-order chi connectivity index (χ1) is 6.01. The molecule has 13 heavy (non-hydrogen) atoms. The maximum Gasteiger partial charge on any atom is 0.252 e. The summed E-state index contributed by atoms with van der Waals surface area (Å²) in [5, 5.41) is 0. The lowest BCUT2D eigenvalue weighted by molar-refractivity contribution is 0.271. The Labute approximate surface area is 83.7 Å². The standard InChI is InChI=1S/C10H23NOSi/c1-7-13(8-2,9-3)12-10(4)11(5)6/h4,7-9H2,1-3,5-6H3. The van der Waals surface area contributed by atoms with E-state index in [9.17, 15) is 0 Å². The predicted molar refractivity (Wildman–Crippen MR) is 61.1 cm³/mol. The molecule has 0 atom stereocenters. The summed E-state index contributed by atoms with van der Waals surface area (Å²) >= 11 is 0. The van der Waals surface area contributed by atoms with Gasteiger partial charge in [-0.25, -0.2) is 0 Å². The van der Waals surface area contributed by atoms with Gasteiger partial charge in [0.15, 0.2) is 5.88 Å². The van der Waals surface area contributed by atoms with Crippen LogP contribution in [0.25, 0.3) is 0 Å². The van der Waals surface area contributed by atoms with Gasteiger partial charge >= 0.3 is 0 Å². The molecule has 0 aromatic heterocycles. The maximum absolute atomic E-state index is 6.02. The highest BCUT2D eigenvalue weighted by Gasteiger charge is 2.31. The van der Waals surface area contributed by atoms with Crippen LogP contribution < -0.4 is 0 Å². The summed E-state index contributed by atoms with van der Waals surface area (Å²) in [5.41, 5.74) is 0. The Kier molecular flexibility index (Phi) is 5.14. The number of rotatable bonds is 6. The highest BCUT2D eigenvalue weighted by molar-refractivity contribution is 6.73. The van der Waals surface area contributed by atoms with Crippen molar-refractivity contribution < 1.29 is 4.43 Å². The second-order valence-corrected chi connectivity index (χ2v) is 8.33. The van der Waals surface area contributed by atoms with Crippen LogP contribution >= 0.6 is 0 Å². The third-order valence-corrected chi connectivity index (χ3v) is 7.30. The molecular formula is C10H23NOSi. The molecule has 0 rings (SSSR count). The molecule has 2 nitrogen and oxygen atoms in total. The van der Waals surface area contributed by atoms with E-state index in [0.29, 0.717) is 0 Å². The highest BCUT2D eigenvalue weighted by Crippen LogP contribution is 2.24. The van der Waals surface area contributed by atoms with Crippen LogP contribution in [0, 0.1) is 0 Å². The van der Waals surface area contributed by atoms with Crippen molar-refractivity contribution in [2.45, 2.75) is 38.9 Å². The van der Waals surface area contributed by atoms with E-state index in [1.165, 1.54) is 18.1 Å². The lowest BCUT2D eigenvalue weighted by Gasteiger charge is -2.32. The number of nitrogens with zero attached hydrogens (tertiary/aromatic N) is 1. The molecule has 0 saturated carbocycles. The van der Waals surface area contributed by atoms with E-state index >= 15 is 0 Å². The minimum absolute atomic E-state index is 0.817. The van der Waals surface area contributed by atoms with Gasteiger partial charge in [0.05, 0.1) is 0 Å². The van der Waals surface area contributed by atoms with Crippen LogP contribution in [-0.4, -0.2) is 27.3 Å². The first-order valence-electron chi connectivity index (χ1n) is 5.06. The molecule has 0 aliphatic rings. The zero-order chi connectivity index (χ0) is 10.5. The van der Waals surface area contributed by atoms with Crippen molar-refractivity contribution in [3.8, 4) is 0 Å². The summed E-state index contributed by atoms with van der Waals surface area (Å²) in [6.07, 6.45) is 0.